The van der Waals surface area contributed by atoms with E-state index in [0.29, 0.717) is 17.4 Å². The molecule has 0 aliphatic carbocycles. The first-order valence-corrected chi connectivity index (χ1v) is 10.8. The van der Waals surface area contributed by atoms with Crippen molar-refractivity contribution < 1.29 is 9.53 Å². The summed E-state index contributed by atoms with van der Waals surface area (Å²) in [5.41, 5.74) is 3.52. The molecule has 146 valence electrons. The highest BCUT2D eigenvalue weighted by molar-refractivity contribution is 14.1. The van der Waals surface area contributed by atoms with Crippen molar-refractivity contribution in [1.29, 1.82) is 0 Å². The van der Waals surface area contributed by atoms with Crippen LogP contribution in [0.25, 0.3) is 6.08 Å². The van der Waals surface area contributed by atoms with Crippen LogP contribution in [-0.4, -0.2) is 29.6 Å². The molecule has 0 N–H and O–H groups in total. The fraction of sp³-hybridized carbons (Fsp3) is 0.273. The fourth-order valence-corrected chi connectivity index (χ4v) is 3.79. The molecule has 0 aromatic heterocycles. The third-order valence-corrected chi connectivity index (χ3v) is 5.70. The number of nitrogens with zero attached hydrogens (tertiary/aromatic N) is 2. The van der Waals surface area contributed by atoms with Crippen LogP contribution in [0.2, 0.25) is 0 Å². The Morgan fingerprint density at radius 2 is 1.86 bits per heavy atom. The van der Waals surface area contributed by atoms with E-state index in [1.165, 1.54) is 10.5 Å². The van der Waals surface area contributed by atoms with Gasteiger partial charge in [-0.05, 0) is 89.6 Å². The number of ether oxygens (including phenoxy) is 1. The number of thiocarbonyl (C=S) groups is 1. The predicted octanol–water partition coefficient (Wildman–Crippen LogP) is 5.25. The van der Waals surface area contributed by atoms with Gasteiger partial charge in [0.1, 0.15) is 11.4 Å². The van der Waals surface area contributed by atoms with E-state index < -0.39 is 0 Å². The Kier molecular flexibility index (Phi) is 6.72. The van der Waals surface area contributed by atoms with Gasteiger partial charge in [-0.25, -0.2) is 0 Å². The first kappa shape index (κ1) is 20.8. The molecule has 1 heterocycles. The number of aryl methyl sites for hydroxylation is 1. The standard InChI is InChI=1S/C22H23IN2O2S/c1-4-12-27-20-11-8-17(23)13-16(20)14-19-21(26)24(3)22(28)25(19)18-9-6-15(5-2)7-10-18/h6-11,13-14H,4-5,12H2,1-3H3/b19-14+. The maximum absolute atomic E-state index is 12.9. The Balaban J connectivity index is 2.07. The molecule has 0 unspecified atom stereocenters. The smallest absolute Gasteiger partial charge is 0.276 e. The van der Waals surface area contributed by atoms with Crippen LogP contribution in [0.5, 0.6) is 5.75 Å². The summed E-state index contributed by atoms with van der Waals surface area (Å²) in [5, 5.41) is 0.474. The Morgan fingerprint density at radius 3 is 2.50 bits per heavy atom. The van der Waals surface area contributed by atoms with Gasteiger partial charge in [0.05, 0.1) is 6.61 Å². The van der Waals surface area contributed by atoms with Crippen molar-refractivity contribution in [2.75, 3.05) is 18.6 Å². The molecule has 1 aliphatic rings. The summed E-state index contributed by atoms with van der Waals surface area (Å²) in [4.78, 5) is 16.3. The van der Waals surface area contributed by atoms with E-state index in [2.05, 4.69) is 48.6 Å². The zero-order valence-electron chi connectivity index (χ0n) is 16.2. The third-order valence-electron chi connectivity index (χ3n) is 4.57. The van der Waals surface area contributed by atoms with Crippen molar-refractivity contribution >= 4 is 57.6 Å². The van der Waals surface area contributed by atoms with Crippen LogP contribution in [0.4, 0.5) is 5.69 Å². The van der Waals surface area contributed by atoms with Crippen molar-refractivity contribution in [3.63, 3.8) is 0 Å². The van der Waals surface area contributed by atoms with Gasteiger partial charge in [0.15, 0.2) is 5.11 Å². The van der Waals surface area contributed by atoms with Gasteiger partial charge in [-0.1, -0.05) is 26.0 Å². The Labute approximate surface area is 185 Å². The average molecular weight is 506 g/mol. The van der Waals surface area contributed by atoms with Gasteiger partial charge in [-0.2, -0.15) is 0 Å². The molecule has 0 spiro atoms. The molecule has 4 nitrogen and oxygen atoms in total. The van der Waals surface area contributed by atoms with E-state index in [9.17, 15) is 4.79 Å². The molecule has 0 bridgehead atoms. The maximum Gasteiger partial charge on any atom is 0.276 e. The summed E-state index contributed by atoms with van der Waals surface area (Å²) in [6.45, 7) is 4.82. The van der Waals surface area contributed by atoms with Crippen LogP contribution in [0.15, 0.2) is 48.2 Å². The molecule has 1 aliphatic heterocycles. The van der Waals surface area contributed by atoms with Gasteiger partial charge in [-0.3, -0.25) is 14.6 Å². The normalized spacial score (nSPS) is 15.6. The molecule has 1 fully saturated rings. The number of likely N-dealkylation sites (N-methyl/N-ethyl adjacent to an activating group) is 1. The zero-order valence-corrected chi connectivity index (χ0v) is 19.2. The van der Waals surface area contributed by atoms with Crippen molar-refractivity contribution in [3.05, 3.63) is 62.9 Å². The third kappa shape index (κ3) is 4.22. The van der Waals surface area contributed by atoms with Crippen LogP contribution in [0, 0.1) is 3.57 Å². The van der Waals surface area contributed by atoms with Crippen molar-refractivity contribution in [2.24, 2.45) is 0 Å². The lowest BCUT2D eigenvalue weighted by molar-refractivity contribution is -0.121. The molecule has 28 heavy (non-hydrogen) atoms. The molecule has 1 saturated heterocycles. The van der Waals surface area contributed by atoms with Gasteiger partial charge in [0, 0.05) is 21.9 Å². The summed E-state index contributed by atoms with van der Waals surface area (Å²) < 4.78 is 6.96. The Bertz CT molecular complexity index is 925. The molecule has 0 radical (unpaired) electrons. The van der Waals surface area contributed by atoms with Gasteiger partial charge in [-0.15, -0.1) is 0 Å². The van der Waals surface area contributed by atoms with E-state index in [0.717, 1.165) is 33.4 Å². The first-order valence-electron chi connectivity index (χ1n) is 9.31. The summed E-state index contributed by atoms with van der Waals surface area (Å²) in [5.74, 6) is 0.647. The number of carbonyl (C=O) groups excluding carboxylic acids is 1. The summed E-state index contributed by atoms with van der Waals surface area (Å²) in [7, 11) is 1.71. The van der Waals surface area contributed by atoms with Crippen LogP contribution < -0.4 is 9.64 Å². The Morgan fingerprint density at radius 1 is 1.14 bits per heavy atom. The number of hydrogen-bond donors (Lipinski definition) is 0. The quantitative estimate of drug-likeness (QED) is 0.305. The van der Waals surface area contributed by atoms with Gasteiger partial charge >= 0.3 is 0 Å². The summed E-state index contributed by atoms with van der Waals surface area (Å²) in [6.07, 6.45) is 3.76. The zero-order chi connectivity index (χ0) is 20.3. The molecule has 0 atom stereocenters. The molecule has 1 amide bonds. The van der Waals surface area contributed by atoms with Crippen molar-refractivity contribution in [2.45, 2.75) is 26.7 Å². The van der Waals surface area contributed by atoms with E-state index in [1.54, 1.807) is 7.05 Å². The van der Waals surface area contributed by atoms with Gasteiger partial charge < -0.3 is 4.74 Å². The molecule has 2 aromatic rings. The SMILES string of the molecule is CCCOc1ccc(I)cc1/C=C1\C(=O)N(C)C(=S)N1c1ccc(CC)cc1. The minimum absolute atomic E-state index is 0.120. The largest absolute Gasteiger partial charge is 0.493 e. The number of anilines is 1. The topological polar surface area (TPSA) is 32.8 Å². The number of rotatable bonds is 6. The number of benzene rings is 2. The lowest BCUT2D eigenvalue weighted by Crippen LogP contribution is -2.29. The summed E-state index contributed by atoms with van der Waals surface area (Å²) in [6, 6.07) is 14.1. The molecule has 3 rings (SSSR count). The average Bonchev–Trinajstić information content (AvgIpc) is 2.91. The molecule has 2 aromatic carbocycles. The van der Waals surface area contributed by atoms with Gasteiger partial charge in [0.2, 0.25) is 0 Å². The summed E-state index contributed by atoms with van der Waals surface area (Å²) >= 11 is 7.83. The second-order valence-electron chi connectivity index (χ2n) is 6.56. The Hall–Kier alpha value is -1.93. The van der Waals surface area contributed by atoms with Crippen LogP contribution in [-0.2, 0) is 11.2 Å². The molecule has 6 heteroatoms. The number of carbonyl (C=O) groups is 1. The van der Waals surface area contributed by atoms with Crippen molar-refractivity contribution in [1.82, 2.24) is 4.90 Å². The van der Waals surface area contributed by atoms with E-state index in [4.69, 9.17) is 17.0 Å². The van der Waals surface area contributed by atoms with Crippen LogP contribution in [0.3, 0.4) is 0 Å². The van der Waals surface area contributed by atoms with E-state index in [1.807, 2.05) is 41.3 Å². The second kappa shape index (κ2) is 9.05. The molecular weight excluding hydrogens is 483 g/mol. The highest BCUT2D eigenvalue weighted by atomic mass is 127. The highest BCUT2D eigenvalue weighted by Crippen LogP contribution is 2.32. The minimum atomic E-state index is -0.120. The predicted molar refractivity (Wildman–Crippen MR) is 127 cm³/mol. The molecular formula is C22H23IN2O2S. The fourth-order valence-electron chi connectivity index (χ4n) is 2.99. The number of hydrogen-bond acceptors (Lipinski definition) is 3. The number of amides is 1. The minimum Gasteiger partial charge on any atom is -0.493 e. The van der Waals surface area contributed by atoms with E-state index >= 15 is 0 Å². The van der Waals surface area contributed by atoms with Crippen molar-refractivity contribution in [3.8, 4) is 5.75 Å². The first-order chi connectivity index (χ1) is 13.5. The molecule has 0 saturated carbocycles. The van der Waals surface area contributed by atoms with Crippen LogP contribution >= 0.6 is 34.8 Å². The maximum atomic E-state index is 12.9. The van der Waals surface area contributed by atoms with Crippen LogP contribution in [0.1, 0.15) is 31.4 Å². The van der Waals surface area contributed by atoms with E-state index in [-0.39, 0.29) is 5.91 Å². The lowest BCUT2D eigenvalue weighted by atomic mass is 10.1. The van der Waals surface area contributed by atoms with Gasteiger partial charge in [0.25, 0.3) is 5.91 Å². The monoisotopic (exact) mass is 506 g/mol. The number of halogens is 1. The highest BCUT2D eigenvalue weighted by Gasteiger charge is 2.36. The lowest BCUT2D eigenvalue weighted by Gasteiger charge is -2.19. The second-order valence-corrected chi connectivity index (χ2v) is 8.17.